The van der Waals surface area contributed by atoms with Crippen LogP contribution in [0.5, 0.6) is 0 Å². The Kier molecular flexibility index (Phi) is 3.80. The number of amides is 1. The highest BCUT2D eigenvalue weighted by Gasteiger charge is 2.36. The minimum Gasteiger partial charge on any atom is -0.464 e. The third kappa shape index (κ3) is 3.30. The van der Waals surface area contributed by atoms with Crippen LogP contribution in [-0.2, 0) is 16.1 Å². The molecule has 1 saturated heterocycles. The second-order valence-electron chi connectivity index (χ2n) is 6.72. The van der Waals surface area contributed by atoms with Crippen molar-refractivity contribution in [3.63, 3.8) is 0 Å². The number of ether oxygens (including phenoxy) is 1. The SMILES string of the molecule is CC1CC1c1ccc(CN(C)C(=O)COC2(C)CNC2)o1. The van der Waals surface area contributed by atoms with Crippen molar-refractivity contribution in [2.45, 2.75) is 38.3 Å². The molecule has 1 aliphatic heterocycles. The maximum absolute atomic E-state index is 12.1. The highest BCUT2D eigenvalue weighted by atomic mass is 16.5. The largest absolute Gasteiger partial charge is 0.464 e. The van der Waals surface area contributed by atoms with E-state index in [1.54, 1.807) is 11.9 Å². The summed E-state index contributed by atoms with van der Waals surface area (Å²) in [7, 11) is 1.79. The Morgan fingerprint density at radius 3 is 2.81 bits per heavy atom. The van der Waals surface area contributed by atoms with E-state index in [4.69, 9.17) is 9.15 Å². The first-order chi connectivity index (χ1) is 9.97. The molecule has 2 atom stereocenters. The molecular formula is C16H24N2O3. The van der Waals surface area contributed by atoms with Crippen LogP contribution in [0.4, 0.5) is 0 Å². The van der Waals surface area contributed by atoms with Gasteiger partial charge in [0, 0.05) is 26.1 Å². The molecule has 0 aromatic carbocycles. The van der Waals surface area contributed by atoms with Crippen molar-refractivity contribution < 1.29 is 13.9 Å². The number of carbonyl (C=O) groups excluding carboxylic acids is 1. The highest BCUT2D eigenvalue weighted by molar-refractivity contribution is 5.77. The van der Waals surface area contributed by atoms with Crippen LogP contribution in [0.25, 0.3) is 0 Å². The van der Waals surface area contributed by atoms with Gasteiger partial charge in [0.15, 0.2) is 0 Å². The Balaban J connectivity index is 1.47. The summed E-state index contributed by atoms with van der Waals surface area (Å²) in [5.74, 6) is 3.20. The summed E-state index contributed by atoms with van der Waals surface area (Å²) in [6.07, 6.45) is 1.21. The number of nitrogens with zero attached hydrogens (tertiary/aromatic N) is 1. The number of hydrogen-bond donors (Lipinski definition) is 1. The average Bonchev–Trinajstić information content (AvgIpc) is 2.97. The third-order valence-electron chi connectivity index (χ3n) is 4.52. The first-order valence-electron chi connectivity index (χ1n) is 7.64. The van der Waals surface area contributed by atoms with Crippen molar-refractivity contribution in [3.8, 4) is 0 Å². The van der Waals surface area contributed by atoms with Gasteiger partial charge in [-0.05, 0) is 31.4 Å². The molecule has 1 aromatic heterocycles. The highest BCUT2D eigenvalue weighted by Crippen LogP contribution is 2.47. The molecule has 2 fully saturated rings. The van der Waals surface area contributed by atoms with Crippen molar-refractivity contribution in [3.05, 3.63) is 23.7 Å². The maximum Gasteiger partial charge on any atom is 0.248 e. The summed E-state index contributed by atoms with van der Waals surface area (Å²) in [6, 6.07) is 4.02. The molecule has 1 amide bonds. The van der Waals surface area contributed by atoms with Gasteiger partial charge in [0.2, 0.25) is 5.91 Å². The van der Waals surface area contributed by atoms with E-state index < -0.39 is 0 Å². The molecule has 3 rings (SSSR count). The van der Waals surface area contributed by atoms with Crippen LogP contribution >= 0.6 is 0 Å². The molecule has 0 spiro atoms. The lowest BCUT2D eigenvalue weighted by Gasteiger charge is -2.39. The van der Waals surface area contributed by atoms with Crippen molar-refractivity contribution >= 4 is 5.91 Å². The quantitative estimate of drug-likeness (QED) is 0.868. The molecule has 1 saturated carbocycles. The summed E-state index contributed by atoms with van der Waals surface area (Å²) in [4.78, 5) is 13.7. The van der Waals surface area contributed by atoms with Gasteiger partial charge in [-0.3, -0.25) is 4.79 Å². The number of nitrogens with one attached hydrogen (secondary N) is 1. The fourth-order valence-corrected chi connectivity index (χ4v) is 2.64. The molecule has 1 N–H and O–H groups in total. The van der Waals surface area contributed by atoms with Gasteiger partial charge >= 0.3 is 0 Å². The van der Waals surface area contributed by atoms with Crippen LogP contribution < -0.4 is 5.32 Å². The van der Waals surface area contributed by atoms with E-state index in [0.29, 0.717) is 12.5 Å². The maximum atomic E-state index is 12.1. The molecule has 0 bridgehead atoms. The first-order valence-corrected chi connectivity index (χ1v) is 7.64. The van der Waals surface area contributed by atoms with Gasteiger partial charge in [0.25, 0.3) is 0 Å². The fourth-order valence-electron chi connectivity index (χ4n) is 2.64. The number of carbonyl (C=O) groups is 1. The van der Waals surface area contributed by atoms with E-state index in [0.717, 1.165) is 30.5 Å². The van der Waals surface area contributed by atoms with Crippen LogP contribution in [0.3, 0.4) is 0 Å². The predicted molar refractivity (Wildman–Crippen MR) is 78.9 cm³/mol. The number of likely N-dealkylation sites (N-methyl/N-ethyl adjacent to an activating group) is 1. The van der Waals surface area contributed by atoms with Gasteiger partial charge in [-0.1, -0.05) is 6.92 Å². The van der Waals surface area contributed by atoms with Gasteiger partial charge in [-0.15, -0.1) is 0 Å². The van der Waals surface area contributed by atoms with Crippen LogP contribution in [0, 0.1) is 5.92 Å². The molecule has 1 aromatic rings. The second kappa shape index (κ2) is 5.46. The van der Waals surface area contributed by atoms with Gasteiger partial charge in [-0.25, -0.2) is 0 Å². The molecule has 1 aliphatic carbocycles. The van der Waals surface area contributed by atoms with E-state index in [1.807, 2.05) is 19.1 Å². The number of furan rings is 1. The van der Waals surface area contributed by atoms with Gasteiger partial charge < -0.3 is 19.4 Å². The predicted octanol–water partition coefficient (Wildman–Crippen LogP) is 1.74. The molecular weight excluding hydrogens is 268 g/mol. The molecule has 2 aliphatic rings. The van der Waals surface area contributed by atoms with Crippen molar-refractivity contribution in [2.75, 3.05) is 26.7 Å². The van der Waals surface area contributed by atoms with Gasteiger partial charge in [0.1, 0.15) is 18.1 Å². The van der Waals surface area contributed by atoms with Gasteiger partial charge in [0.05, 0.1) is 12.1 Å². The van der Waals surface area contributed by atoms with E-state index in [-0.39, 0.29) is 18.1 Å². The minimum atomic E-state index is -0.184. The van der Waals surface area contributed by atoms with Crippen LogP contribution in [0.2, 0.25) is 0 Å². The summed E-state index contributed by atoms with van der Waals surface area (Å²) in [5.41, 5.74) is -0.184. The molecule has 2 heterocycles. The molecule has 0 radical (unpaired) electrons. The number of hydrogen-bond acceptors (Lipinski definition) is 4. The fraction of sp³-hybridized carbons (Fsp3) is 0.688. The van der Waals surface area contributed by atoms with Crippen molar-refractivity contribution in [1.82, 2.24) is 10.2 Å². The van der Waals surface area contributed by atoms with Crippen LogP contribution in [0.15, 0.2) is 16.5 Å². The Labute approximate surface area is 125 Å². The molecule has 2 unspecified atom stereocenters. The lowest BCUT2D eigenvalue weighted by Crippen LogP contribution is -2.59. The second-order valence-corrected chi connectivity index (χ2v) is 6.72. The molecule has 116 valence electrons. The van der Waals surface area contributed by atoms with Crippen LogP contribution in [-0.4, -0.2) is 43.2 Å². The average molecular weight is 292 g/mol. The van der Waals surface area contributed by atoms with Crippen LogP contribution in [0.1, 0.15) is 37.7 Å². The Morgan fingerprint density at radius 1 is 1.52 bits per heavy atom. The Hall–Kier alpha value is -1.33. The molecule has 5 nitrogen and oxygen atoms in total. The smallest absolute Gasteiger partial charge is 0.248 e. The van der Waals surface area contributed by atoms with Crippen molar-refractivity contribution in [2.24, 2.45) is 5.92 Å². The zero-order valence-corrected chi connectivity index (χ0v) is 13.0. The minimum absolute atomic E-state index is 0.0131. The summed E-state index contributed by atoms with van der Waals surface area (Å²) >= 11 is 0. The lowest BCUT2D eigenvalue weighted by molar-refractivity contribution is -0.145. The van der Waals surface area contributed by atoms with Crippen molar-refractivity contribution in [1.29, 1.82) is 0 Å². The normalized spacial score (nSPS) is 26.2. The summed E-state index contributed by atoms with van der Waals surface area (Å²) < 4.78 is 11.5. The monoisotopic (exact) mass is 292 g/mol. The molecule has 21 heavy (non-hydrogen) atoms. The van der Waals surface area contributed by atoms with E-state index in [1.165, 1.54) is 6.42 Å². The summed E-state index contributed by atoms with van der Waals surface area (Å²) in [5, 5.41) is 3.15. The van der Waals surface area contributed by atoms with E-state index >= 15 is 0 Å². The third-order valence-corrected chi connectivity index (χ3v) is 4.52. The lowest BCUT2D eigenvalue weighted by atomic mass is 10.0. The summed E-state index contributed by atoms with van der Waals surface area (Å²) in [6.45, 7) is 6.50. The molecule has 5 heteroatoms. The zero-order valence-electron chi connectivity index (χ0n) is 13.0. The first kappa shape index (κ1) is 14.6. The Morgan fingerprint density at radius 2 is 2.24 bits per heavy atom. The number of rotatable bonds is 6. The topological polar surface area (TPSA) is 54.7 Å². The van der Waals surface area contributed by atoms with E-state index in [9.17, 15) is 4.79 Å². The van der Waals surface area contributed by atoms with Gasteiger partial charge in [-0.2, -0.15) is 0 Å². The van der Waals surface area contributed by atoms with E-state index in [2.05, 4.69) is 12.2 Å². The standard InChI is InChI=1S/C16H24N2O3/c1-11-6-13(11)14-5-4-12(21-14)7-18(3)15(19)8-20-16(2)9-17-10-16/h4-5,11,13,17H,6-10H2,1-3H3. The Bertz CT molecular complexity index is 521. The zero-order chi connectivity index (χ0) is 15.0.